The molecule has 0 bridgehead atoms. The molecular weight excluding hydrogens is 436 g/mol. The minimum absolute atomic E-state index is 0.309. The molecule has 1 heterocycles. The van der Waals surface area contributed by atoms with Crippen molar-refractivity contribution in [2.24, 2.45) is 0 Å². The number of aliphatic hydroxyl groups excluding tert-OH is 1. The summed E-state index contributed by atoms with van der Waals surface area (Å²) in [5.41, 5.74) is 3.80. The van der Waals surface area contributed by atoms with Gasteiger partial charge in [-0.1, -0.05) is 30.3 Å². The third-order valence-electron chi connectivity index (χ3n) is 6.81. The SMILES string of the molecule is CN1CCN(c2ccc(-c3ccc(S(=O)(=O)C4CCC=C(C(=O)CO)CC4)cc3)cc2)CC1. The quantitative estimate of drug-likeness (QED) is 0.701. The monoisotopic (exact) mass is 468 g/mol. The predicted molar refractivity (Wildman–Crippen MR) is 131 cm³/mol. The van der Waals surface area contributed by atoms with Crippen LogP contribution in [0.2, 0.25) is 0 Å². The zero-order valence-corrected chi connectivity index (χ0v) is 19.9. The van der Waals surface area contributed by atoms with Crippen molar-refractivity contribution in [1.29, 1.82) is 0 Å². The maximum Gasteiger partial charge on any atom is 0.183 e. The lowest BCUT2D eigenvalue weighted by atomic mass is 10.1. The average Bonchev–Trinajstić information content (AvgIpc) is 3.11. The summed E-state index contributed by atoms with van der Waals surface area (Å²) < 4.78 is 26.4. The lowest BCUT2D eigenvalue weighted by Gasteiger charge is -2.34. The molecule has 4 rings (SSSR count). The average molecular weight is 469 g/mol. The minimum atomic E-state index is -3.48. The van der Waals surface area contributed by atoms with E-state index in [1.165, 1.54) is 5.69 Å². The van der Waals surface area contributed by atoms with Gasteiger partial charge < -0.3 is 14.9 Å². The molecule has 1 aliphatic heterocycles. The Morgan fingerprint density at radius 1 is 0.939 bits per heavy atom. The van der Waals surface area contributed by atoms with Gasteiger partial charge in [-0.3, -0.25) is 4.79 Å². The molecule has 0 spiro atoms. The van der Waals surface area contributed by atoms with Crippen LogP contribution in [0.4, 0.5) is 5.69 Å². The molecule has 1 unspecified atom stereocenters. The van der Waals surface area contributed by atoms with Gasteiger partial charge in [0.05, 0.1) is 10.1 Å². The van der Waals surface area contributed by atoms with Crippen molar-refractivity contribution in [3.05, 3.63) is 60.2 Å². The molecule has 33 heavy (non-hydrogen) atoms. The number of piperazine rings is 1. The smallest absolute Gasteiger partial charge is 0.183 e. The summed E-state index contributed by atoms with van der Waals surface area (Å²) in [6.07, 6.45) is 3.59. The normalized spacial score (nSPS) is 20.2. The van der Waals surface area contributed by atoms with Crippen LogP contribution in [0.15, 0.2) is 65.1 Å². The van der Waals surface area contributed by atoms with Gasteiger partial charge in [0.2, 0.25) is 0 Å². The maximum absolute atomic E-state index is 13.2. The first-order valence-corrected chi connectivity index (χ1v) is 13.1. The van der Waals surface area contributed by atoms with E-state index in [1.807, 2.05) is 12.1 Å². The summed E-state index contributed by atoms with van der Waals surface area (Å²) in [6, 6.07) is 15.6. The third kappa shape index (κ3) is 5.37. The number of allylic oxidation sites excluding steroid dienone is 1. The number of sulfone groups is 1. The summed E-state index contributed by atoms with van der Waals surface area (Å²) in [6.45, 7) is 3.64. The number of hydrogen-bond acceptors (Lipinski definition) is 6. The molecule has 1 N–H and O–H groups in total. The molecule has 1 saturated heterocycles. The fourth-order valence-electron chi connectivity index (χ4n) is 4.63. The summed E-state index contributed by atoms with van der Waals surface area (Å²) >= 11 is 0. The molecule has 7 heteroatoms. The van der Waals surface area contributed by atoms with E-state index in [1.54, 1.807) is 18.2 Å². The Balaban J connectivity index is 1.44. The molecule has 1 fully saturated rings. The maximum atomic E-state index is 13.2. The van der Waals surface area contributed by atoms with Gasteiger partial charge in [-0.25, -0.2) is 8.42 Å². The lowest BCUT2D eigenvalue weighted by Crippen LogP contribution is -2.44. The highest BCUT2D eigenvalue weighted by atomic mass is 32.2. The fourth-order valence-corrected chi connectivity index (χ4v) is 6.41. The van der Waals surface area contributed by atoms with Crippen molar-refractivity contribution in [2.75, 3.05) is 44.7 Å². The first-order chi connectivity index (χ1) is 15.9. The fraction of sp³-hybridized carbons (Fsp3) is 0.423. The van der Waals surface area contributed by atoms with Gasteiger partial charge in [0.15, 0.2) is 15.6 Å². The molecule has 6 nitrogen and oxygen atoms in total. The Labute approximate surface area is 196 Å². The molecule has 0 amide bonds. The first-order valence-electron chi connectivity index (χ1n) is 11.6. The van der Waals surface area contributed by atoms with Gasteiger partial charge in [-0.2, -0.15) is 0 Å². The van der Waals surface area contributed by atoms with Crippen LogP contribution in [0.25, 0.3) is 11.1 Å². The number of benzene rings is 2. The van der Waals surface area contributed by atoms with Gasteiger partial charge in [-0.05, 0) is 73.7 Å². The number of likely N-dealkylation sites (N-methyl/N-ethyl adjacent to an activating group) is 1. The van der Waals surface area contributed by atoms with Gasteiger partial charge in [0, 0.05) is 31.9 Å². The topological polar surface area (TPSA) is 77.9 Å². The van der Waals surface area contributed by atoms with Crippen LogP contribution in [0, 0.1) is 0 Å². The molecule has 0 radical (unpaired) electrons. The van der Waals surface area contributed by atoms with Crippen molar-refractivity contribution >= 4 is 21.3 Å². The van der Waals surface area contributed by atoms with E-state index in [2.05, 4.69) is 41.1 Å². The molecule has 176 valence electrons. The van der Waals surface area contributed by atoms with Crippen molar-refractivity contribution < 1.29 is 18.3 Å². The number of anilines is 1. The first kappa shape index (κ1) is 23.7. The highest BCUT2D eigenvalue weighted by molar-refractivity contribution is 7.92. The highest BCUT2D eigenvalue weighted by Crippen LogP contribution is 2.30. The number of ketones is 1. The van der Waals surface area contributed by atoms with E-state index in [0.29, 0.717) is 36.2 Å². The summed E-state index contributed by atoms with van der Waals surface area (Å²) in [5, 5.41) is 8.56. The third-order valence-corrected chi connectivity index (χ3v) is 9.09. The van der Waals surface area contributed by atoms with Crippen molar-refractivity contribution in [2.45, 2.75) is 35.8 Å². The summed E-state index contributed by atoms with van der Waals surface area (Å²) in [4.78, 5) is 16.8. The Morgan fingerprint density at radius 3 is 2.15 bits per heavy atom. The van der Waals surface area contributed by atoms with E-state index in [-0.39, 0.29) is 5.78 Å². The van der Waals surface area contributed by atoms with Crippen LogP contribution in [0.1, 0.15) is 25.7 Å². The molecule has 1 atom stereocenters. The summed E-state index contributed by atoms with van der Waals surface area (Å²) in [7, 11) is -1.34. The molecule has 1 aliphatic carbocycles. The van der Waals surface area contributed by atoms with Crippen molar-refractivity contribution in [3.63, 3.8) is 0 Å². The van der Waals surface area contributed by atoms with Gasteiger partial charge in [0.1, 0.15) is 6.61 Å². The van der Waals surface area contributed by atoms with Gasteiger partial charge in [0.25, 0.3) is 0 Å². The Kier molecular flexibility index (Phi) is 7.32. The Hall–Kier alpha value is -2.48. The summed E-state index contributed by atoms with van der Waals surface area (Å²) in [5.74, 6) is -0.309. The highest BCUT2D eigenvalue weighted by Gasteiger charge is 2.29. The van der Waals surface area contributed by atoms with Crippen LogP contribution in [0.5, 0.6) is 0 Å². The molecule has 0 aromatic heterocycles. The number of carbonyl (C=O) groups excluding carboxylic acids is 1. The predicted octanol–water partition coefficient (Wildman–Crippen LogP) is 3.31. The van der Waals surface area contributed by atoms with Crippen molar-refractivity contribution in [1.82, 2.24) is 4.90 Å². The number of hydrogen-bond donors (Lipinski definition) is 1. The van der Waals surface area contributed by atoms with Crippen LogP contribution in [-0.2, 0) is 14.6 Å². The largest absolute Gasteiger partial charge is 0.388 e. The molecule has 2 aliphatic rings. The number of rotatable bonds is 6. The molecule has 2 aromatic carbocycles. The van der Waals surface area contributed by atoms with E-state index < -0.39 is 21.7 Å². The second-order valence-electron chi connectivity index (χ2n) is 8.96. The Bertz CT molecular complexity index is 1100. The van der Waals surface area contributed by atoms with Crippen LogP contribution in [-0.4, -0.2) is 69.3 Å². The second-order valence-corrected chi connectivity index (χ2v) is 11.2. The van der Waals surface area contributed by atoms with Gasteiger partial charge in [-0.15, -0.1) is 0 Å². The number of Topliss-reactive ketones (excluding diaryl/α,β-unsaturated/α-hetero) is 1. The van der Waals surface area contributed by atoms with Crippen molar-refractivity contribution in [3.8, 4) is 11.1 Å². The lowest BCUT2D eigenvalue weighted by molar-refractivity contribution is -0.118. The number of carbonyl (C=O) groups is 1. The second kappa shape index (κ2) is 10.2. The zero-order valence-electron chi connectivity index (χ0n) is 19.1. The van der Waals surface area contributed by atoms with Gasteiger partial charge >= 0.3 is 0 Å². The molecule has 2 aromatic rings. The van der Waals surface area contributed by atoms with Crippen LogP contribution < -0.4 is 4.90 Å². The minimum Gasteiger partial charge on any atom is -0.388 e. The van der Waals surface area contributed by atoms with E-state index in [4.69, 9.17) is 5.11 Å². The number of aliphatic hydroxyl groups is 1. The Morgan fingerprint density at radius 2 is 1.55 bits per heavy atom. The van der Waals surface area contributed by atoms with E-state index >= 15 is 0 Å². The standard InChI is InChI=1S/C26H32N2O4S/c1-27-15-17-28(18-16-27)23-10-5-20(6-11-23)21-7-12-25(13-8-21)33(31,32)24-4-2-3-22(9-14-24)26(30)19-29/h3,5-8,10-13,24,29H,2,4,9,14-19H2,1H3. The van der Waals surface area contributed by atoms with E-state index in [9.17, 15) is 13.2 Å². The molecular formula is C26H32N2O4S. The molecule has 0 saturated carbocycles. The van der Waals surface area contributed by atoms with Crippen LogP contribution >= 0.6 is 0 Å². The van der Waals surface area contributed by atoms with E-state index in [0.717, 1.165) is 37.3 Å². The zero-order chi connectivity index (χ0) is 23.4. The number of nitrogens with zero attached hydrogens (tertiary/aromatic N) is 2. The van der Waals surface area contributed by atoms with Crippen LogP contribution in [0.3, 0.4) is 0 Å².